The number of hydrogen-bond acceptors (Lipinski definition) is 6. The van der Waals surface area contributed by atoms with Crippen LogP contribution in [-0.4, -0.2) is 53.3 Å². The van der Waals surface area contributed by atoms with E-state index in [2.05, 4.69) is 4.98 Å². The summed E-state index contributed by atoms with van der Waals surface area (Å²) >= 11 is 0. The maximum atomic E-state index is 11.5. The van der Waals surface area contributed by atoms with E-state index in [-0.39, 0.29) is 12.1 Å². The molecule has 2 heterocycles. The second-order valence-electron chi connectivity index (χ2n) is 5.71. The van der Waals surface area contributed by atoms with E-state index in [0.29, 0.717) is 42.8 Å². The highest BCUT2D eigenvalue weighted by Gasteiger charge is 2.24. The first kappa shape index (κ1) is 16.2. The predicted octanol–water partition coefficient (Wildman–Crippen LogP) is 0.867. The van der Waals surface area contributed by atoms with Gasteiger partial charge in [0.2, 0.25) is 0 Å². The van der Waals surface area contributed by atoms with E-state index >= 15 is 0 Å². The standard InChI is InChI=1S/C15H18N4O5/c16-11(15(20)21)5-9-8-17-12-6-10(18-1-3-24-4-2-18)7-13(14(9)12)19(22)23/h6-8,11,17H,1-5,16H2,(H,20,21)/t11-/m0/s1. The maximum Gasteiger partial charge on any atom is 0.320 e. The Hall–Kier alpha value is -2.65. The minimum atomic E-state index is -1.14. The maximum absolute atomic E-state index is 11.5. The zero-order valence-electron chi connectivity index (χ0n) is 12.9. The number of nitro groups is 1. The molecule has 0 unspecified atom stereocenters. The number of morpholine rings is 1. The number of nitrogens with zero attached hydrogens (tertiary/aromatic N) is 2. The molecule has 0 bridgehead atoms. The third-order valence-electron chi connectivity index (χ3n) is 4.16. The van der Waals surface area contributed by atoms with Gasteiger partial charge >= 0.3 is 5.97 Å². The Bertz CT molecular complexity index is 782. The number of nitrogens with two attached hydrogens (primary N) is 1. The second kappa shape index (κ2) is 6.46. The first-order chi connectivity index (χ1) is 11.5. The molecule has 1 aromatic carbocycles. The van der Waals surface area contributed by atoms with E-state index in [9.17, 15) is 14.9 Å². The predicted molar refractivity (Wildman–Crippen MR) is 87.3 cm³/mol. The summed E-state index contributed by atoms with van der Waals surface area (Å²) in [6.45, 7) is 2.49. The number of hydrogen-bond donors (Lipinski definition) is 3. The first-order valence-electron chi connectivity index (χ1n) is 7.57. The van der Waals surface area contributed by atoms with Gasteiger partial charge in [-0.05, 0) is 11.6 Å². The van der Waals surface area contributed by atoms with Crippen molar-refractivity contribution in [2.45, 2.75) is 12.5 Å². The van der Waals surface area contributed by atoms with E-state index in [1.165, 1.54) is 6.07 Å². The van der Waals surface area contributed by atoms with Crippen LogP contribution in [0.25, 0.3) is 10.9 Å². The molecule has 3 rings (SSSR count). The highest BCUT2D eigenvalue weighted by atomic mass is 16.6. The Morgan fingerprint density at radius 1 is 1.46 bits per heavy atom. The average molecular weight is 334 g/mol. The summed E-state index contributed by atoms with van der Waals surface area (Å²) < 4.78 is 5.30. The van der Waals surface area contributed by atoms with Crippen LogP contribution in [0.5, 0.6) is 0 Å². The van der Waals surface area contributed by atoms with Crippen LogP contribution in [0.2, 0.25) is 0 Å². The van der Waals surface area contributed by atoms with Gasteiger partial charge in [0.05, 0.1) is 29.0 Å². The van der Waals surface area contributed by atoms with Gasteiger partial charge in [0, 0.05) is 37.5 Å². The molecule has 0 saturated carbocycles. The lowest BCUT2D eigenvalue weighted by Gasteiger charge is -2.28. The third kappa shape index (κ3) is 3.03. The van der Waals surface area contributed by atoms with Crippen LogP contribution < -0.4 is 10.6 Å². The Kier molecular flexibility index (Phi) is 4.36. The van der Waals surface area contributed by atoms with Crippen LogP contribution >= 0.6 is 0 Å². The lowest BCUT2D eigenvalue weighted by Crippen LogP contribution is -2.36. The van der Waals surface area contributed by atoms with E-state index in [1.54, 1.807) is 6.20 Å². The summed E-state index contributed by atoms with van der Waals surface area (Å²) in [5.74, 6) is -1.14. The largest absolute Gasteiger partial charge is 0.480 e. The smallest absolute Gasteiger partial charge is 0.320 e. The van der Waals surface area contributed by atoms with Crippen molar-refractivity contribution in [2.24, 2.45) is 5.73 Å². The number of nitrogens with one attached hydrogen (secondary N) is 1. The molecule has 2 aromatic rings. The second-order valence-corrected chi connectivity index (χ2v) is 5.71. The minimum absolute atomic E-state index is 0.0209. The molecule has 9 nitrogen and oxygen atoms in total. The molecule has 1 aliphatic rings. The van der Waals surface area contributed by atoms with E-state index in [1.807, 2.05) is 11.0 Å². The summed E-state index contributed by atoms with van der Waals surface area (Å²) in [4.78, 5) is 27.0. The molecule has 1 saturated heterocycles. The van der Waals surface area contributed by atoms with Gasteiger partial charge in [0.15, 0.2) is 0 Å². The number of aliphatic carboxylic acids is 1. The molecular weight excluding hydrogens is 316 g/mol. The number of carboxylic acids is 1. The number of carbonyl (C=O) groups is 1. The molecule has 0 aliphatic carbocycles. The average Bonchev–Trinajstić information content (AvgIpc) is 2.97. The van der Waals surface area contributed by atoms with Crippen LogP contribution in [0.15, 0.2) is 18.3 Å². The summed E-state index contributed by atoms with van der Waals surface area (Å²) in [5, 5.41) is 20.9. The highest BCUT2D eigenvalue weighted by molar-refractivity contribution is 5.95. The molecule has 1 atom stereocenters. The van der Waals surface area contributed by atoms with Crippen LogP contribution in [-0.2, 0) is 16.0 Å². The summed E-state index contributed by atoms with van der Waals surface area (Å²) in [6, 6.07) is 2.25. The number of ether oxygens (including phenoxy) is 1. The number of nitro benzene ring substituents is 1. The molecule has 1 aromatic heterocycles. The van der Waals surface area contributed by atoms with Crippen molar-refractivity contribution in [1.29, 1.82) is 0 Å². The van der Waals surface area contributed by atoms with Crippen molar-refractivity contribution in [3.05, 3.63) is 34.0 Å². The number of non-ortho nitro benzene ring substituents is 1. The fourth-order valence-corrected chi connectivity index (χ4v) is 2.93. The summed E-state index contributed by atoms with van der Waals surface area (Å²) in [6.07, 6.45) is 1.61. The number of rotatable bonds is 5. The van der Waals surface area contributed by atoms with E-state index in [0.717, 1.165) is 5.69 Å². The quantitative estimate of drug-likeness (QED) is 0.545. The Balaban J connectivity index is 2.05. The zero-order chi connectivity index (χ0) is 17.3. The number of anilines is 1. The van der Waals surface area contributed by atoms with Crippen LogP contribution in [0, 0.1) is 10.1 Å². The molecule has 24 heavy (non-hydrogen) atoms. The number of aromatic nitrogens is 1. The molecule has 128 valence electrons. The van der Waals surface area contributed by atoms with Gasteiger partial charge in [0.25, 0.3) is 5.69 Å². The van der Waals surface area contributed by atoms with Crippen LogP contribution in [0.1, 0.15) is 5.56 Å². The van der Waals surface area contributed by atoms with Crippen LogP contribution in [0.4, 0.5) is 11.4 Å². The monoisotopic (exact) mass is 334 g/mol. The van der Waals surface area contributed by atoms with Gasteiger partial charge in [-0.25, -0.2) is 0 Å². The lowest BCUT2D eigenvalue weighted by molar-refractivity contribution is -0.383. The van der Waals surface area contributed by atoms with Gasteiger partial charge in [-0.3, -0.25) is 14.9 Å². The Labute approximate surface area is 137 Å². The number of fused-ring (bicyclic) bond motifs is 1. The Morgan fingerprint density at radius 3 is 2.79 bits per heavy atom. The topological polar surface area (TPSA) is 135 Å². The van der Waals surface area contributed by atoms with E-state index < -0.39 is 16.9 Å². The number of benzene rings is 1. The minimum Gasteiger partial charge on any atom is -0.480 e. The van der Waals surface area contributed by atoms with E-state index in [4.69, 9.17) is 15.6 Å². The summed E-state index contributed by atoms with van der Waals surface area (Å²) in [5.41, 5.74) is 7.38. The first-order valence-corrected chi connectivity index (χ1v) is 7.57. The molecule has 0 spiro atoms. The van der Waals surface area contributed by atoms with Gasteiger partial charge in [0.1, 0.15) is 6.04 Å². The van der Waals surface area contributed by atoms with Crippen molar-refractivity contribution in [3.8, 4) is 0 Å². The fourth-order valence-electron chi connectivity index (χ4n) is 2.93. The Morgan fingerprint density at radius 2 is 2.17 bits per heavy atom. The van der Waals surface area contributed by atoms with Crippen LogP contribution in [0.3, 0.4) is 0 Å². The SMILES string of the molecule is N[C@@H](Cc1c[nH]c2cc(N3CCOCC3)cc([N+](=O)[O-])c12)C(=O)O. The zero-order valence-corrected chi connectivity index (χ0v) is 12.9. The van der Waals surface area contributed by atoms with Crippen molar-refractivity contribution in [3.63, 3.8) is 0 Å². The van der Waals surface area contributed by atoms with Crippen molar-refractivity contribution in [1.82, 2.24) is 4.98 Å². The van der Waals surface area contributed by atoms with Gasteiger partial charge < -0.3 is 25.5 Å². The third-order valence-corrected chi connectivity index (χ3v) is 4.16. The van der Waals surface area contributed by atoms with Crippen molar-refractivity contribution >= 4 is 28.2 Å². The summed E-state index contributed by atoms with van der Waals surface area (Å²) in [7, 11) is 0. The normalized spacial score (nSPS) is 16.3. The number of carboxylic acid groups (broad SMARTS) is 1. The van der Waals surface area contributed by atoms with Gasteiger partial charge in [-0.2, -0.15) is 0 Å². The van der Waals surface area contributed by atoms with Gasteiger partial charge in [-0.1, -0.05) is 0 Å². The molecule has 1 aliphatic heterocycles. The molecule has 0 radical (unpaired) electrons. The lowest BCUT2D eigenvalue weighted by atomic mass is 10.0. The van der Waals surface area contributed by atoms with Gasteiger partial charge in [-0.15, -0.1) is 0 Å². The molecule has 1 fully saturated rings. The molecule has 9 heteroatoms. The number of H-pyrrole nitrogens is 1. The molecular formula is C15H18N4O5. The van der Waals surface area contributed by atoms with Crippen molar-refractivity contribution in [2.75, 3.05) is 31.2 Å². The molecule has 0 amide bonds. The highest BCUT2D eigenvalue weighted by Crippen LogP contribution is 2.34. The van der Waals surface area contributed by atoms with Crippen molar-refractivity contribution < 1.29 is 19.6 Å². The fraction of sp³-hybridized carbons (Fsp3) is 0.400. The molecule has 4 N–H and O–H groups in total. The number of aromatic amines is 1.